The lowest BCUT2D eigenvalue weighted by Crippen LogP contribution is -2.27. The predicted molar refractivity (Wildman–Crippen MR) is 88.8 cm³/mol. The molecule has 0 saturated carbocycles. The van der Waals surface area contributed by atoms with E-state index in [0.717, 1.165) is 41.9 Å². The van der Waals surface area contributed by atoms with Crippen LogP contribution in [0.4, 0.5) is 0 Å². The number of oxazole rings is 1. The molecule has 0 aliphatic carbocycles. The van der Waals surface area contributed by atoms with Crippen LogP contribution in [0, 0.1) is 12.8 Å². The molecule has 2 unspecified atom stereocenters. The third-order valence-corrected chi connectivity index (χ3v) is 4.96. The Morgan fingerprint density at radius 2 is 2.33 bits per heavy atom. The zero-order valence-corrected chi connectivity index (χ0v) is 14.0. The molecule has 1 aliphatic heterocycles. The Hall–Kier alpha value is -0.880. The first-order valence-electron chi connectivity index (χ1n) is 7.11. The van der Waals surface area contributed by atoms with Crippen LogP contribution in [0.5, 0.6) is 0 Å². The average Bonchev–Trinajstić information content (AvgIpc) is 3.12. The lowest BCUT2D eigenvalue weighted by molar-refractivity contribution is 0.252. The molecule has 0 aromatic carbocycles. The smallest absolute Gasteiger partial charge is 0.236 e. The number of hydrogen-bond donors (Lipinski definition) is 1. The summed E-state index contributed by atoms with van der Waals surface area (Å²) in [6, 6.07) is 4.64. The van der Waals surface area contributed by atoms with Crippen LogP contribution in [0.3, 0.4) is 0 Å². The van der Waals surface area contributed by atoms with Gasteiger partial charge in [-0.15, -0.1) is 23.7 Å². The van der Waals surface area contributed by atoms with Crippen molar-refractivity contribution >= 4 is 23.7 Å². The number of nitrogens with two attached hydrogens (primary N) is 1. The second kappa shape index (κ2) is 6.92. The van der Waals surface area contributed by atoms with Gasteiger partial charge in [-0.2, -0.15) is 0 Å². The number of aryl methyl sites for hydroxylation is 1. The van der Waals surface area contributed by atoms with Crippen molar-refractivity contribution < 1.29 is 4.42 Å². The van der Waals surface area contributed by atoms with Crippen molar-refractivity contribution in [2.24, 2.45) is 11.7 Å². The number of likely N-dealkylation sites (tertiary alicyclic amines) is 1. The molecule has 4 nitrogen and oxygen atoms in total. The Labute approximate surface area is 135 Å². The van der Waals surface area contributed by atoms with Crippen LogP contribution in [-0.2, 0) is 6.54 Å². The molecule has 2 aromatic rings. The highest BCUT2D eigenvalue weighted by Gasteiger charge is 2.29. The fourth-order valence-electron chi connectivity index (χ4n) is 2.88. The molecule has 0 bridgehead atoms. The Bertz CT molecular complexity index is 569. The van der Waals surface area contributed by atoms with Crippen molar-refractivity contribution in [2.45, 2.75) is 32.9 Å². The maximum absolute atomic E-state index is 5.81. The van der Waals surface area contributed by atoms with Crippen LogP contribution < -0.4 is 5.73 Å². The monoisotopic (exact) mass is 327 g/mol. The summed E-state index contributed by atoms with van der Waals surface area (Å²) in [5.41, 5.74) is 6.84. The summed E-state index contributed by atoms with van der Waals surface area (Å²) in [4.78, 5) is 8.22. The van der Waals surface area contributed by atoms with E-state index < -0.39 is 0 Å². The normalized spacial score (nSPS) is 22.4. The molecular formula is C15H22ClN3OS. The van der Waals surface area contributed by atoms with E-state index in [9.17, 15) is 0 Å². The molecule has 6 heteroatoms. The number of rotatable bonds is 4. The van der Waals surface area contributed by atoms with Gasteiger partial charge < -0.3 is 10.2 Å². The fourth-order valence-corrected chi connectivity index (χ4v) is 3.53. The Morgan fingerprint density at radius 1 is 1.52 bits per heavy atom. The molecule has 21 heavy (non-hydrogen) atoms. The van der Waals surface area contributed by atoms with Gasteiger partial charge in [0.25, 0.3) is 0 Å². The van der Waals surface area contributed by atoms with E-state index in [0.29, 0.717) is 12.0 Å². The largest absolute Gasteiger partial charge is 0.440 e. The predicted octanol–water partition coefficient (Wildman–Crippen LogP) is 3.30. The van der Waals surface area contributed by atoms with Gasteiger partial charge in [0, 0.05) is 19.1 Å². The highest BCUT2D eigenvalue weighted by Crippen LogP contribution is 2.29. The minimum atomic E-state index is 0. The molecule has 3 heterocycles. The van der Waals surface area contributed by atoms with Gasteiger partial charge in [0.2, 0.25) is 5.89 Å². The number of aromatic nitrogens is 1. The van der Waals surface area contributed by atoms with Crippen molar-refractivity contribution in [3.05, 3.63) is 29.0 Å². The molecule has 3 rings (SSSR count). The number of nitrogens with zero attached hydrogens (tertiary/aromatic N) is 2. The van der Waals surface area contributed by atoms with Gasteiger partial charge >= 0.3 is 0 Å². The van der Waals surface area contributed by atoms with Gasteiger partial charge in [-0.05, 0) is 44.2 Å². The van der Waals surface area contributed by atoms with E-state index in [1.807, 2.05) is 24.4 Å². The van der Waals surface area contributed by atoms with E-state index in [2.05, 4.69) is 16.8 Å². The Kier molecular flexibility index (Phi) is 5.43. The van der Waals surface area contributed by atoms with Crippen molar-refractivity contribution in [3.8, 4) is 10.8 Å². The molecule has 0 radical (unpaired) electrons. The Balaban J connectivity index is 0.00000161. The Morgan fingerprint density at radius 3 is 2.95 bits per heavy atom. The van der Waals surface area contributed by atoms with Gasteiger partial charge in [-0.1, -0.05) is 6.07 Å². The first-order valence-corrected chi connectivity index (χ1v) is 7.99. The van der Waals surface area contributed by atoms with Crippen LogP contribution in [0.1, 0.15) is 24.8 Å². The summed E-state index contributed by atoms with van der Waals surface area (Å²) in [5, 5.41) is 2.04. The molecule has 1 fully saturated rings. The van der Waals surface area contributed by atoms with E-state index >= 15 is 0 Å². The lowest BCUT2D eigenvalue weighted by atomic mass is 10.1. The minimum absolute atomic E-state index is 0. The summed E-state index contributed by atoms with van der Waals surface area (Å²) >= 11 is 1.66. The maximum Gasteiger partial charge on any atom is 0.236 e. The molecule has 2 atom stereocenters. The second-order valence-corrected chi connectivity index (χ2v) is 6.56. The number of hydrogen-bond acceptors (Lipinski definition) is 5. The molecule has 1 aliphatic rings. The van der Waals surface area contributed by atoms with Crippen molar-refractivity contribution in [1.29, 1.82) is 0 Å². The van der Waals surface area contributed by atoms with Crippen molar-refractivity contribution in [3.63, 3.8) is 0 Å². The number of thiophene rings is 1. The average molecular weight is 328 g/mol. The van der Waals surface area contributed by atoms with Gasteiger partial charge in [0.1, 0.15) is 5.76 Å². The van der Waals surface area contributed by atoms with Crippen molar-refractivity contribution in [2.75, 3.05) is 13.1 Å². The zero-order valence-electron chi connectivity index (χ0n) is 12.4. The molecule has 2 aromatic heterocycles. The highest BCUT2D eigenvalue weighted by atomic mass is 35.5. The summed E-state index contributed by atoms with van der Waals surface area (Å²) in [6.07, 6.45) is 1.19. The van der Waals surface area contributed by atoms with Gasteiger partial charge in [0.15, 0.2) is 0 Å². The van der Waals surface area contributed by atoms with Gasteiger partial charge in [0.05, 0.1) is 10.6 Å². The van der Waals surface area contributed by atoms with Gasteiger partial charge in [-0.3, -0.25) is 4.90 Å². The topological polar surface area (TPSA) is 55.3 Å². The lowest BCUT2D eigenvalue weighted by Gasteiger charge is -2.19. The third kappa shape index (κ3) is 3.48. The minimum Gasteiger partial charge on any atom is -0.440 e. The van der Waals surface area contributed by atoms with Crippen LogP contribution in [0.2, 0.25) is 0 Å². The molecular weight excluding hydrogens is 306 g/mol. The molecule has 1 saturated heterocycles. The summed E-state index contributed by atoms with van der Waals surface area (Å²) < 4.78 is 5.81. The second-order valence-electron chi connectivity index (χ2n) is 5.62. The van der Waals surface area contributed by atoms with E-state index in [-0.39, 0.29) is 12.4 Å². The highest BCUT2D eigenvalue weighted by molar-refractivity contribution is 7.13. The maximum atomic E-state index is 5.81. The number of halogens is 1. The van der Waals surface area contributed by atoms with Crippen LogP contribution in [-0.4, -0.2) is 29.0 Å². The third-order valence-electron chi connectivity index (χ3n) is 4.10. The van der Waals surface area contributed by atoms with Gasteiger partial charge in [-0.25, -0.2) is 4.98 Å². The summed E-state index contributed by atoms with van der Waals surface area (Å²) in [5.74, 6) is 2.29. The summed E-state index contributed by atoms with van der Waals surface area (Å²) in [7, 11) is 0. The first-order chi connectivity index (χ1) is 9.67. The quantitative estimate of drug-likeness (QED) is 0.936. The van der Waals surface area contributed by atoms with Crippen LogP contribution in [0.15, 0.2) is 21.9 Å². The van der Waals surface area contributed by atoms with Crippen LogP contribution in [0.25, 0.3) is 10.8 Å². The first kappa shape index (κ1) is 16.5. The SMILES string of the molecule is Cc1oc(-c2cccs2)nc1CN1CC(CN)CC1C.Cl. The van der Waals surface area contributed by atoms with E-state index in [4.69, 9.17) is 10.2 Å². The van der Waals surface area contributed by atoms with E-state index in [1.54, 1.807) is 11.3 Å². The molecule has 116 valence electrons. The van der Waals surface area contributed by atoms with E-state index in [1.165, 1.54) is 6.42 Å². The zero-order chi connectivity index (χ0) is 14.1. The van der Waals surface area contributed by atoms with Crippen molar-refractivity contribution in [1.82, 2.24) is 9.88 Å². The summed E-state index contributed by atoms with van der Waals surface area (Å²) in [6.45, 7) is 6.97. The standard InChI is InChI=1S/C15H21N3OS.ClH/c1-10-6-12(7-16)8-18(10)9-13-11(2)19-15(17-13)14-4-3-5-20-14;/h3-5,10,12H,6-9,16H2,1-2H3;1H. The molecule has 2 N–H and O–H groups in total. The molecule has 0 spiro atoms. The molecule has 0 amide bonds. The van der Waals surface area contributed by atoms with Crippen LogP contribution >= 0.6 is 23.7 Å². The fraction of sp³-hybridized carbons (Fsp3) is 0.533.